The van der Waals surface area contributed by atoms with Crippen LogP contribution in [0, 0.1) is 0 Å². The molecule has 0 radical (unpaired) electrons. The van der Waals surface area contributed by atoms with Crippen molar-refractivity contribution < 1.29 is 0 Å². The average Bonchev–Trinajstić information content (AvgIpc) is 3.95. The molecular weight excluding hydrogens is 715 g/mol. The lowest BCUT2D eigenvalue weighted by molar-refractivity contribution is 1.08. The van der Waals surface area contributed by atoms with E-state index < -0.39 is 0 Å². The van der Waals surface area contributed by atoms with Gasteiger partial charge in [0.2, 0.25) is 0 Å². The van der Waals surface area contributed by atoms with Crippen LogP contribution in [0.3, 0.4) is 0 Å². The third-order valence-corrected chi connectivity index (χ3v) is 12.4. The van der Waals surface area contributed by atoms with Gasteiger partial charge in [0.05, 0.1) is 27.8 Å². The number of aromatic nitrogens is 5. The Balaban J connectivity index is 1.17. The summed E-state index contributed by atoms with van der Waals surface area (Å²) in [4.78, 5) is 15.3. The Labute approximate surface area is 331 Å². The zero-order chi connectivity index (χ0) is 37.5. The number of hydrogen-bond acceptors (Lipinski definition) is 4. The molecular formula is C51H31N5S. The van der Waals surface area contributed by atoms with Crippen molar-refractivity contribution in [1.29, 1.82) is 0 Å². The van der Waals surface area contributed by atoms with Gasteiger partial charge in [0.1, 0.15) is 0 Å². The molecule has 5 nitrogen and oxygen atoms in total. The maximum atomic E-state index is 5.14. The van der Waals surface area contributed by atoms with Crippen molar-refractivity contribution in [2.24, 2.45) is 0 Å². The molecule has 4 heterocycles. The van der Waals surface area contributed by atoms with Crippen molar-refractivity contribution in [3.05, 3.63) is 188 Å². The van der Waals surface area contributed by atoms with E-state index in [9.17, 15) is 0 Å². The summed E-state index contributed by atoms with van der Waals surface area (Å²) in [6, 6.07) is 66.5. The molecule has 0 saturated carbocycles. The molecule has 8 aromatic carbocycles. The molecule has 0 bridgehead atoms. The molecule has 0 fully saturated rings. The molecule has 4 aromatic heterocycles. The van der Waals surface area contributed by atoms with Gasteiger partial charge >= 0.3 is 0 Å². The van der Waals surface area contributed by atoms with Crippen molar-refractivity contribution in [3.63, 3.8) is 0 Å². The highest BCUT2D eigenvalue weighted by atomic mass is 32.1. The first-order valence-corrected chi connectivity index (χ1v) is 19.9. The Morgan fingerprint density at radius 2 is 0.877 bits per heavy atom. The third kappa shape index (κ3) is 4.84. The van der Waals surface area contributed by atoms with Crippen molar-refractivity contribution in [3.8, 4) is 45.5 Å². The van der Waals surface area contributed by atoms with E-state index in [1.807, 2.05) is 47.7 Å². The van der Waals surface area contributed by atoms with E-state index >= 15 is 0 Å². The number of hydrogen-bond donors (Lipinski definition) is 0. The minimum absolute atomic E-state index is 0.656. The lowest BCUT2D eigenvalue weighted by atomic mass is 10.1. The van der Waals surface area contributed by atoms with Gasteiger partial charge in [-0.2, -0.15) is 0 Å². The van der Waals surface area contributed by atoms with Gasteiger partial charge in [-0.3, -0.25) is 0 Å². The molecule has 0 aliphatic heterocycles. The van der Waals surface area contributed by atoms with Crippen LogP contribution >= 0.6 is 11.3 Å². The Bertz CT molecular complexity index is 3400. The standard InChI is InChI=1S/C51H31N5S/c1-4-16-32(17-5-1)49-52-50(33-18-6-2-7-19-33)54-51(53-49)40-26-14-24-37-38-30-31-43-45(48(38)57-47(37)40)39-25-15-29-44(46(39)55(43)34-20-8-3-9-21-34)56-41-27-12-10-22-35(41)36-23-11-13-28-42(36)56/h1-31H. The Morgan fingerprint density at radius 3 is 1.54 bits per heavy atom. The van der Waals surface area contributed by atoms with E-state index in [1.165, 1.54) is 59.1 Å². The van der Waals surface area contributed by atoms with Crippen molar-refractivity contribution in [2.45, 2.75) is 0 Å². The monoisotopic (exact) mass is 745 g/mol. The molecule has 0 unspecified atom stereocenters. The summed E-state index contributed by atoms with van der Waals surface area (Å²) in [5.41, 5.74) is 9.90. The van der Waals surface area contributed by atoms with Crippen LogP contribution < -0.4 is 0 Å². The number of thiophene rings is 1. The minimum Gasteiger partial charge on any atom is -0.307 e. The Kier molecular flexibility index (Phi) is 7.03. The molecule has 266 valence electrons. The Hall–Kier alpha value is -7.41. The molecule has 0 aliphatic carbocycles. The predicted octanol–water partition coefficient (Wildman–Crippen LogP) is 13.4. The van der Waals surface area contributed by atoms with E-state index in [4.69, 9.17) is 15.0 Å². The van der Waals surface area contributed by atoms with Crippen LogP contribution in [-0.2, 0) is 0 Å². The first-order chi connectivity index (χ1) is 28.3. The van der Waals surface area contributed by atoms with Gasteiger partial charge in [0.15, 0.2) is 17.5 Å². The van der Waals surface area contributed by atoms with E-state index in [2.05, 4.69) is 161 Å². The van der Waals surface area contributed by atoms with Crippen molar-refractivity contribution in [2.75, 3.05) is 0 Å². The van der Waals surface area contributed by atoms with E-state index in [1.54, 1.807) is 0 Å². The number of rotatable bonds is 5. The van der Waals surface area contributed by atoms with E-state index in [0.29, 0.717) is 17.5 Å². The number of nitrogens with zero attached hydrogens (tertiary/aromatic N) is 5. The lowest BCUT2D eigenvalue weighted by Crippen LogP contribution is -2.00. The fourth-order valence-corrected chi connectivity index (χ4v) is 10.1. The predicted molar refractivity (Wildman–Crippen MR) is 238 cm³/mol. The van der Waals surface area contributed by atoms with Crippen LogP contribution in [-0.4, -0.2) is 24.1 Å². The lowest BCUT2D eigenvalue weighted by Gasteiger charge is -2.14. The van der Waals surface area contributed by atoms with Crippen LogP contribution in [0.2, 0.25) is 0 Å². The molecule has 0 saturated heterocycles. The molecule has 0 N–H and O–H groups in total. The summed E-state index contributed by atoms with van der Waals surface area (Å²) in [6.07, 6.45) is 0. The fourth-order valence-electron chi connectivity index (χ4n) is 8.70. The molecule has 12 aromatic rings. The van der Waals surface area contributed by atoms with Crippen molar-refractivity contribution in [1.82, 2.24) is 24.1 Å². The molecule has 57 heavy (non-hydrogen) atoms. The van der Waals surface area contributed by atoms with Gasteiger partial charge in [-0.15, -0.1) is 11.3 Å². The van der Waals surface area contributed by atoms with Gasteiger partial charge in [-0.05, 0) is 42.5 Å². The molecule has 0 spiro atoms. The van der Waals surface area contributed by atoms with Gasteiger partial charge in [-0.25, -0.2) is 15.0 Å². The SMILES string of the molecule is c1ccc(-c2nc(-c3ccccc3)nc(-c3cccc4c3sc3c4ccc4c3c3cccc(-n5c6ccccc6c6ccccc65)c3n4-c3ccccc3)n2)cc1. The fraction of sp³-hybridized carbons (Fsp3) is 0. The zero-order valence-corrected chi connectivity index (χ0v) is 31.4. The maximum absolute atomic E-state index is 5.14. The van der Waals surface area contributed by atoms with E-state index in [-0.39, 0.29) is 0 Å². The maximum Gasteiger partial charge on any atom is 0.165 e. The highest BCUT2D eigenvalue weighted by Crippen LogP contribution is 2.47. The third-order valence-electron chi connectivity index (χ3n) is 11.2. The summed E-state index contributed by atoms with van der Waals surface area (Å²) >= 11 is 1.83. The average molecular weight is 746 g/mol. The van der Waals surface area contributed by atoms with Crippen molar-refractivity contribution >= 4 is 75.1 Å². The molecule has 0 atom stereocenters. The van der Waals surface area contributed by atoms with Gasteiger partial charge in [0.25, 0.3) is 0 Å². The highest BCUT2D eigenvalue weighted by molar-refractivity contribution is 7.27. The summed E-state index contributed by atoms with van der Waals surface area (Å²) in [5, 5.41) is 7.36. The van der Waals surface area contributed by atoms with Gasteiger partial charge < -0.3 is 9.13 Å². The molecule has 0 aliphatic rings. The number of para-hydroxylation sites is 4. The van der Waals surface area contributed by atoms with Gasteiger partial charge in [-0.1, -0.05) is 146 Å². The van der Waals surface area contributed by atoms with Crippen LogP contribution in [0.4, 0.5) is 0 Å². The largest absolute Gasteiger partial charge is 0.307 e. The minimum atomic E-state index is 0.656. The summed E-state index contributed by atoms with van der Waals surface area (Å²) in [5.74, 6) is 1.98. The molecule has 6 heteroatoms. The smallest absolute Gasteiger partial charge is 0.165 e. The number of benzene rings is 8. The highest BCUT2D eigenvalue weighted by Gasteiger charge is 2.23. The van der Waals surface area contributed by atoms with Gasteiger partial charge in [0, 0.05) is 64.1 Å². The summed E-state index contributed by atoms with van der Waals surface area (Å²) < 4.78 is 7.30. The summed E-state index contributed by atoms with van der Waals surface area (Å²) in [6.45, 7) is 0. The Morgan fingerprint density at radius 1 is 0.351 bits per heavy atom. The van der Waals surface area contributed by atoms with Crippen LogP contribution in [0.15, 0.2) is 188 Å². The second-order valence-corrected chi connectivity index (χ2v) is 15.4. The summed E-state index contributed by atoms with van der Waals surface area (Å²) in [7, 11) is 0. The van der Waals surface area contributed by atoms with Crippen LogP contribution in [0.5, 0.6) is 0 Å². The molecule has 12 rings (SSSR count). The topological polar surface area (TPSA) is 48.5 Å². The quantitative estimate of drug-likeness (QED) is 0.176. The number of fused-ring (bicyclic) bond motifs is 10. The second kappa shape index (κ2) is 12.6. The zero-order valence-electron chi connectivity index (χ0n) is 30.5. The van der Waals surface area contributed by atoms with Crippen LogP contribution in [0.25, 0.3) is 109 Å². The first kappa shape index (κ1) is 31.9. The second-order valence-electron chi connectivity index (χ2n) is 14.4. The molecule has 0 amide bonds. The normalized spacial score (nSPS) is 11.9. The first-order valence-electron chi connectivity index (χ1n) is 19.1. The van der Waals surface area contributed by atoms with E-state index in [0.717, 1.165) is 32.8 Å². The van der Waals surface area contributed by atoms with Crippen LogP contribution in [0.1, 0.15) is 0 Å².